The minimum absolute atomic E-state index is 0.142. The lowest BCUT2D eigenvalue weighted by Crippen LogP contribution is -2.30. The molecule has 0 spiro atoms. The monoisotopic (exact) mass is 362 g/mol. The van der Waals surface area contributed by atoms with Crippen molar-refractivity contribution in [2.24, 2.45) is 7.05 Å². The maximum Gasteiger partial charge on any atom is 0.341 e. The van der Waals surface area contributed by atoms with Crippen LogP contribution in [0.3, 0.4) is 0 Å². The number of carbonyl (C=O) groups excluding carboxylic acids is 2. The first-order valence-corrected chi connectivity index (χ1v) is 8.98. The van der Waals surface area contributed by atoms with Gasteiger partial charge in [-0.2, -0.15) is 5.10 Å². The van der Waals surface area contributed by atoms with Crippen molar-refractivity contribution in [1.29, 1.82) is 0 Å². The molecule has 1 aliphatic carbocycles. The van der Waals surface area contributed by atoms with Crippen LogP contribution in [0.1, 0.15) is 32.8 Å². The molecule has 134 valence electrons. The van der Waals surface area contributed by atoms with Gasteiger partial charge in [0.25, 0.3) is 0 Å². The normalized spacial score (nSPS) is 13.1. The highest BCUT2D eigenvalue weighted by Crippen LogP contribution is 2.39. The Balaban J connectivity index is 1.66. The van der Waals surface area contributed by atoms with Gasteiger partial charge in [-0.15, -0.1) is 11.3 Å². The molecule has 25 heavy (non-hydrogen) atoms. The number of fused-ring (bicyclic) bond motifs is 1. The van der Waals surface area contributed by atoms with Gasteiger partial charge in [0.15, 0.2) is 0 Å². The van der Waals surface area contributed by atoms with Crippen LogP contribution in [0, 0.1) is 0 Å². The molecule has 0 atom stereocenters. The number of nitrogens with one attached hydrogen (secondary N) is 1. The summed E-state index contributed by atoms with van der Waals surface area (Å²) in [4.78, 5) is 27.6. The van der Waals surface area contributed by atoms with E-state index in [0.717, 1.165) is 30.4 Å². The molecule has 8 heteroatoms. The predicted molar refractivity (Wildman–Crippen MR) is 95.9 cm³/mol. The van der Waals surface area contributed by atoms with E-state index < -0.39 is 0 Å². The first-order chi connectivity index (χ1) is 12.0. The molecular formula is C17H22N4O3S. The van der Waals surface area contributed by atoms with Crippen LogP contribution in [0.25, 0.3) is 0 Å². The lowest BCUT2D eigenvalue weighted by Gasteiger charge is -2.15. The molecule has 0 unspecified atom stereocenters. The van der Waals surface area contributed by atoms with Gasteiger partial charge in [0, 0.05) is 30.2 Å². The Hall–Kier alpha value is -2.19. The number of hydrogen-bond acceptors (Lipinski definition) is 6. The van der Waals surface area contributed by atoms with E-state index in [0.29, 0.717) is 17.1 Å². The Morgan fingerprint density at radius 2 is 2.24 bits per heavy atom. The molecule has 3 rings (SSSR count). The lowest BCUT2D eigenvalue weighted by atomic mass is 10.1. The first kappa shape index (κ1) is 17.6. The summed E-state index contributed by atoms with van der Waals surface area (Å²) in [5.74, 6) is -0.519. The van der Waals surface area contributed by atoms with E-state index in [1.54, 1.807) is 10.9 Å². The van der Waals surface area contributed by atoms with Gasteiger partial charge >= 0.3 is 5.97 Å². The fourth-order valence-corrected chi connectivity index (χ4v) is 4.44. The van der Waals surface area contributed by atoms with Gasteiger partial charge in [0.2, 0.25) is 5.91 Å². The summed E-state index contributed by atoms with van der Waals surface area (Å²) in [6.07, 6.45) is 6.59. The molecular weight excluding hydrogens is 340 g/mol. The zero-order valence-electron chi connectivity index (χ0n) is 14.7. The number of hydrogen-bond donors (Lipinski definition) is 1. The van der Waals surface area contributed by atoms with Crippen molar-refractivity contribution < 1.29 is 14.3 Å². The smallest absolute Gasteiger partial charge is 0.341 e. The molecule has 2 aromatic heterocycles. The number of rotatable bonds is 6. The fourth-order valence-electron chi connectivity index (χ4n) is 3.14. The molecule has 0 aromatic carbocycles. The minimum atomic E-state index is -0.376. The van der Waals surface area contributed by atoms with Crippen LogP contribution in [0.4, 0.5) is 5.00 Å². The van der Waals surface area contributed by atoms with E-state index >= 15 is 0 Å². The Bertz CT molecular complexity index is 796. The average molecular weight is 362 g/mol. The van der Waals surface area contributed by atoms with Crippen molar-refractivity contribution in [3.05, 3.63) is 34.0 Å². The summed E-state index contributed by atoms with van der Waals surface area (Å²) in [6, 6.07) is 0. The van der Waals surface area contributed by atoms with Crippen molar-refractivity contribution in [1.82, 2.24) is 14.7 Å². The van der Waals surface area contributed by atoms with Crippen molar-refractivity contribution in [3.63, 3.8) is 0 Å². The summed E-state index contributed by atoms with van der Waals surface area (Å²) < 4.78 is 6.64. The van der Waals surface area contributed by atoms with Crippen molar-refractivity contribution >= 4 is 28.2 Å². The van der Waals surface area contributed by atoms with E-state index in [2.05, 4.69) is 10.4 Å². The molecule has 2 heterocycles. The molecule has 0 saturated heterocycles. The number of aromatic nitrogens is 2. The third kappa shape index (κ3) is 3.91. The standard InChI is InChI=1S/C17H22N4O3S/c1-20(8-11-7-18-21(2)9-11)10-14(22)19-16-15(17(23)24-3)12-5-4-6-13(12)25-16/h7,9H,4-6,8,10H2,1-3H3,(H,19,22). The maximum atomic E-state index is 12.4. The molecule has 7 nitrogen and oxygen atoms in total. The number of anilines is 1. The first-order valence-electron chi connectivity index (χ1n) is 8.16. The number of nitrogens with zero attached hydrogens (tertiary/aromatic N) is 3. The van der Waals surface area contributed by atoms with Crippen LogP contribution in [0.5, 0.6) is 0 Å². The van der Waals surface area contributed by atoms with Crippen molar-refractivity contribution in [2.45, 2.75) is 25.8 Å². The second-order valence-electron chi connectivity index (χ2n) is 6.30. The molecule has 0 saturated carbocycles. The summed E-state index contributed by atoms with van der Waals surface area (Å²) in [5, 5.41) is 7.63. The highest BCUT2D eigenvalue weighted by atomic mass is 32.1. The van der Waals surface area contributed by atoms with Crippen molar-refractivity contribution in [3.8, 4) is 0 Å². The van der Waals surface area contributed by atoms with E-state index in [1.807, 2.05) is 25.2 Å². The van der Waals surface area contributed by atoms with Crippen LogP contribution < -0.4 is 5.32 Å². The Morgan fingerprint density at radius 1 is 1.44 bits per heavy atom. The van der Waals surface area contributed by atoms with Crippen molar-refractivity contribution in [2.75, 3.05) is 26.0 Å². The summed E-state index contributed by atoms with van der Waals surface area (Å²) >= 11 is 1.49. The SMILES string of the molecule is COC(=O)c1c(NC(=O)CN(C)Cc2cnn(C)c2)sc2c1CCC2. The Kier molecular flexibility index (Phi) is 5.19. The van der Waals surface area contributed by atoms with Gasteiger partial charge < -0.3 is 10.1 Å². The lowest BCUT2D eigenvalue weighted by molar-refractivity contribution is -0.117. The molecule has 1 aliphatic rings. The Labute approximate surface area is 150 Å². The molecule has 1 amide bonds. The summed E-state index contributed by atoms with van der Waals surface area (Å²) in [7, 11) is 5.11. The number of likely N-dealkylation sites (N-methyl/N-ethyl adjacent to an activating group) is 1. The molecule has 0 aliphatic heterocycles. The molecule has 2 aromatic rings. The molecule has 1 N–H and O–H groups in total. The van der Waals surface area contributed by atoms with Gasteiger partial charge in [-0.05, 0) is 31.9 Å². The molecule has 0 fully saturated rings. The van der Waals surface area contributed by atoms with Gasteiger partial charge in [-0.25, -0.2) is 4.79 Å². The van der Waals surface area contributed by atoms with Crippen LogP contribution in [0.2, 0.25) is 0 Å². The van der Waals surface area contributed by atoms with Gasteiger partial charge in [-0.3, -0.25) is 14.4 Å². The average Bonchev–Trinajstić information content (AvgIpc) is 3.22. The number of ether oxygens (including phenoxy) is 1. The summed E-state index contributed by atoms with van der Waals surface area (Å²) in [5.41, 5.74) is 2.61. The quantitative estimate of drug-likeness (QED) is 0.794. The van der Waals surface area contributed by atoms with Crippen LogP contribution in [0.15, 0.2) is 12.4 Å². The third-order valence-electron chi connectivity index (χ3n) is 4.19. The van der Waals surface area contributed by atoms with E-state index in [1.165, 1.54) is 23.3 Å². The third-order valence-corrected chi connectivity index (χ3v) is 5.40. The largest absolute Gasteiger partial charge is 0.465 e. The van der Waals surface area contributed by atoms with Crippen LogP contribution >= 0.6 is 11.3 Å². The van der Waals surface area contributed by atoms with Crippen LogP contribution in [-0.2, 0) is 36.0 Å². The van der Waals surface area contributed by atoms with Gasteiger partial charge in [-0.1, -0.05) is 0 Å². The zero-order chi connectivity index (χ0) is 18.0. The second-order valence-corrected chi connectivity index (χ2v) is 7.40. The van der Waals surface area contributed by atoms with E-state index in [4.69, 9.17) is 4.74 Å². The number of thiophene rings is 1. The predicted octanol–water partition coefficient (Wildman–Crippen LogP) is 1.83. The fraction of sp³-hybridized carbons (Fsp3) is 0.471. The zero-order valence-corrected chi connectivity index (χ0v) is 15.5. The second kappa shape index (κ2) is 7.37. The van der Waals surface area contributed by atoms with Gasteiger partial charge in [0.05, 0.1) is 25.4 Å². The number of carbonyl (C=O) groups is 2. The number of aryl methyl sites for hydroxylation is 2. The maximum absolute atomic E-state index is 12.4. The Morgan fingerprint density at radius 3 is 2.92 bits per heavy atom. The van der Waals surface area contributed by atoms with Gasteiger partial charge in [0.1, 0.15) is 5.00 Å². The number of methoxy groups -OCH3 is 1. The number of esters is 1. The topological polar surface area (TPSA) is 76.5 Å². The minimum Gasteiger partial charge on any atom is -0.465 e. The number of amides is 1. The van der Waals surface area contributed by atoms with Crippen LogP contribution in [-0.4, -0.2) is 47.3 Å². The highest BCUT2D eigenvalue weighted by Gasteiger charge is 2.28. The molecule has 0 radical (unpaired) electrons. The van der Waals surface area contributed by atoms with E-state index in [9.17, 15) is 9.59 Å². The highest BCUT2D eigenvalue weighted by molar-refractivity contribution is 7.17. The molecule has 0 bridgehead atoms. The van der Waals surface area contributed by atoms with E-state index in [-0.39, 0.29) is 18.4 Å². The summed E-state index contributed by atoms with van der Waals surface area (Å²) in [6.45, 7) is 0.865.